The topological polar surface area (TPSA) is 56.2 Å². The third-order valence-electron chi connectivity index (χ3n) is 1.52. The highest BCUT2D eigenvalue weighted by Crippen LogP contribution is 2.14. The highest BCUT2D eigenvalue weighted by atomic mass is 16.5. The normalized spacial score (nSPS) is 9.58. The van der Waals surface area contributed by atoms with Crippen LogP contribution in [0.25, 0.3) is 0 Å². The van der Waals surface area contributed by atoms with Crippen LogP contribution in [0.4, 0.5) is 0 Å². The Morgan fingerprint density at radius 2 is 2.42 bits per heavy atom. The van der Waals surface area contributed by atoms with Gasteiger partial charge >= 0.3 is 0 Å². The van der Waals surface area contributed by atoms with E-state index in [9.17, 15) is 4.79 Å². The van der Waals surface area contributed by atoms with E-state index in [0.717, 1.165) is 0 Å². The first-order valence-electron chi connectivity index (χ1n) is 3.48. The maximum atomic E-state index is 11.1. The monoisotopic (exact) mass is 169 g/mol. The van der Waals surface area contributed by atoms with Gasteiger partial charge in [0.05, 0.1) is 13.4 Å². The van der Waals surface area contributed by atoms with E-state index in [2.05, 4.69) is 10.3 Å². The van der Waals surface area contributed by atoms with E-state index in [1.807, 2.05) is 0 Å². The number of carbonyl (C=O) groups is 1. The molecule has 5 heteroatoms. The Morgan fingerprint density at radius 3 is 2.92 bits per heavy atom. The fourth-order valence-corrected chi connectivity index (χ4v) is 0.934. The Morgan fingerprint density at radius 1 is 1.75 bits per heavy atom. The molecule has 5 nitrogen and oxygen atoms in total. The molecule has 0 spiro atoms. The molecule has 1 heterocycles. The number of aromatic nitrogens is 2. The van der Waals surface area contributed by atoms with Crippen LogP contribution in [0.15, 0.2) is 6.33 Å². The van der Waals surface area contributed by atoms with Crippen molar-refractivity contribution in [2.75, 3.05) is 14.2 Å². The fourth-order valence-electron chi connectivity index (χ4n) is 0.934. The zero-order valence-electron chi connectivity index (χ0n) is 7.29. The van der Waals surface area contributed by atoms with Gasteiger partial charge in [0.15, 0.2) is 5.69 Å². The highest BCUT2D eigenvalue weighted by molar-refractivity contribution is 5.94. The summed E-state index contributed by atoms with van der Waals surface area (Å²) in [6.45, 7) is 0. The third-order valence-corrected chi connectivity index (χ3v) is 1.52. The van der Waals surface area contributed by atoms with Crippen molar-refractivity contribution in [3.8, 4) is 5.88 Å². The molecule has 0 fully saturated rings. The van der Waals surface area contributed by atoms with Crippen LogP contribution in [0, 0.1) is 0 Å². The molecule has 0 aliphatic rings. The number of nitrogens with zero attached hydrogens (tertiary/aromatic N) is 2. The van der Waals surface area contributed by atoms with Gasteiger partial charge in [0.25, 0.3) is 5.91 Å². The number of hydrogen-bond donors (Lipinski definition) is 1. The van der Waals surface area contributed by atoms with Crippen molar-refractivity contribution in [1.29, 1.82) is 0 Å². The van der Waals surface area contributed by atoms with Gasteiger partial charge in [-0.25, -0.2) is 4.98 Å². The first kappa shape index (κ1) is 8.58. The molecule has 0 aliphatic heterocycles. The van der Waals surface area contributed by atoms with Gasteiger partial charge in [0.2, 0.25) is 5.88 Å². The molecule has 0 aromatic carbocycles. The van der Waals surface area contributed by atoms with E-state index in [-0.39, 0.29) is 5.91 Å². The van der Waals surface area contributed by atoms with Crippen LogP contribution in [0.5, 0.6) is 5.88 Å². The second kappa shape index (κ2) is 3.25. The van der Waals surface area contributed by atoms with Gasteiger partial charge in [-0.3, -0.25) is 4.79 Å². The van der Waals surface area contributed by atoms with Crippen LogP contribution >= 0.6 is 0 Å². The summed E-state index contributed by atoms with van der Waals surface area (Å²) in [5.41, 5.74) is 0.308. The van der Waals surface area contributed by atoms with E-state index >= 15 is 0 Å². The molecule has 1 amide bonds. The molecular formula is C7H11N3O2. The minimum absolute atomic E-state index is 0.243. The highest BCUT2D eigenvalue weighted by Gasteiger charge is 2.15. The van der Waals surface area contributed by atoms with Crippen LogP contribution in [0.3, 0.4) is 0 Å². The Labute approximate surface area is 70.4 Å². The molecular weight excluding hydrogens is 158 g/mol. The molecule has 0 atom stereocenters. The predicted molar refractivity (Wildman–Crippen MR) is 43.2 cm³/mol. The summed E-state index contributed by atoms with van der Waals surface area (Å²) < 4.78 is 6.62. The fraction of sp³-hybridized carbons (Fsp3) is 0.429. The molecule has 0 radical (unpaired) electrons. The zero-order valence-corrected chi connectivity index (χ0v) is 7.29. The van der Waals surface area contributed by atoms with Crippen molar-refractivity contribution in [2.24, 2.45) is 7.05 Å². The number of aryl methyl sites for hydroxylation is 1. The van der Waals surface area contributed by atoms with Crippen LogP contribution in [0.2, 0.25) is 0 Å². The molecule has 0 bridgehead atoms. The van der Waals surface area contributed by atoms with E-state index in [1.54, 1.807) is 18.7 Å². The molecule has 0 aliphatic carbocycles. The van der Waals surface area contributed by atoms with E-state index in [4.69, 9.17) is 4.74 Å². The van der Waals surface area contributed by atoms with Crippen molar-refractivity contribution in [2.45, 2.75) is 0 Å². The summed E-state index contributed by atoms with van der Waals surface area (Å²) in [5.74, 6) is 0.224. The molecule has 0 unspecified atom stereocenters. The Hall–Kier alpha value is -1.52. The van der Waals surface area contributed by atoms with Crippen LogP contribution in [-0.4, -0.2) is 29.6 Å². The summed E-state index contributed by atoms with van der Waals surface area (Å²) in [6, 6.07) is 0. The number of methoxy groups -OCH3 is 1. The van der Waals surface area contributed by atoms with E-state index < -0.39 is 0 Å². The predicted octanol–water partition coefficient (Wildman–Crippen LogP) is -0.212. The average molecular weight is 169 g/mol. The van der Waals surface area contributed by atoms with Gasteiger partial charge in [-0.15, -0.1) is 0 Å². The molecule has 1 aromatic heterocycles. The number of nitrogens with one attached hydrogen (secondary N) is 1. The Kier molecular flexibility index (Phi) is 2.32. The van der Waals surface area contributed by atoms with Crippen molar-refractivity contribution < 1.29 is 9.53 Å². The smallest absolute Gasteiger partial charge is 0.275 e. The SMILES string of the molecule is CNC(=O)c1ncn(C)c1OC. The van der Waals surface area contributed by atoms with Gasteiger partial charge in [-0.05, 0) is 0 Å². The van der Waals surface area contributed by atoms with Crippen molar-refractivity contribution in [1.82, 2.24) is 14.9 Å². The lowest BCUT2D eigenvalue weighted by atomic mass is 10.4. The molecule has 1 N–H and O–H groups in total. The average Bonchev–Trinajstić information content (AvgIpc) is 2.45. The van der Waals surface area contributed by atoms with Crippen LogP contribution < -0.4 is 10.1 Å². The van der Waals surface area contributed by atoms with Crippen molar-refractivity contribution in [3.63, 3.8) is 0 Å². The van der Waals surface area contributed by atoms with Crippen LogP contribution in [0.1, 0.15) is 10.5 Å². The number of ether oxygens (including phenoxy) is 1. The summed E-state index contributed by atoms with van der Waals surface area (Å²) >= 11 is 0. The summed E-state index contributed by atoms with van der Waals surface area (Å²) in [6.07, 6.45) is 1.53. The van der Waals surface area contributed by atoms with Gasteiger partial charge in [-0.2, -0.15) is 0 Å². The standard InChI is InChI=1S/C7H11N3O2/c1-8-6(11)5-7(12-3)10(2)4-9-5/h4H,1-3H3,(H,8,11). The number of hydrogen-bond acceptors (Lipinski definition) is 3. The maximum Gasteiger partial charge on any atom is 0.275 e. The Bertz CT molecular complexity index is 293. The summed E-state index contributed by atoms with van der Waals surface area (Å²) in [4.78, 5) is 15.0. The van der Waals surface area contributed by atoms with Gasteiger partial charge in [0, 0.05) is 14.1 Å². The second-order valence-corrected chi connectivity index (χ2v) is 2.29. The maximum absolute atomic E-state index is 11.1. The van der Waals surface area contributed by atoms with Gasteiger partial charge < -0.3 is 14.6 Å². The van der Waals surface area contributed by atoms with Crippen LogP contribution in [-0.2, 0) is 7.05 Å². The quantitative estimate of drug-likeness (QED) is 0.666. The van der Waals surface area contributed by atoms with Gasteiger partial charge in [-0.1, -0.05) is 0 Å². The number of rotatable bonds is 2. The second-order valence-electron chi connectivity index (χ2n) is 2.29. The lowest BCUT2D eigenvalue weighted by Gasteiger charge is -2.01. The first-order valence-corrected chi connectivity index (χ1v) is 3.48. The minimum atomic E-state index is -0.243. The molecule has 0 saturated heterocycles. The lowest BCUT2D eigenvalue weighted by Crippen LogP contribution is -2.19. The number of imidazole rings is 1. The molecule has 12 heavy (non-hydrogen) atoms. The van der Waals surface area contributed by atoms with E-state index in [0.29, 0.717) is 11.6 Å². The molecule has 66 valence electrons. The first-order chi connectivity index (χ1) is 5.70. The molecule has 1 aromatic rings. The van der Waals surface area contributed by atoms with E-state index in [1.165, 1.54) is 13.4 Å². The molecule has 0 saturated carbocycles. The number of carbonyl (C=O) groups excluding carboxylic acids is 1. The minimum Gasteiger partial charge on any atom is -0.480 e. The summed E-state index contributed by atoms with van der Waals surface area (Å²) in [5, 5.41) is 2.47. The summed E-state index contributed by atoms with van der Waals surface area (Å²) in [7, 11) is 4.82. The zero-order chi connectivity index (χ0) is 9.14. The van der Waals surface area contributed by atoms with Crippen molar-refractivity contribution in [3.05, 3.63) is 12.0 Å². The van der Waals surface area contributed by atoms with Crippen molar-refractivity contribution >= 4 is 5.91 Å². The third kappa shape index (κ3) is 1.25. The Balaban J connectivity index is 3.07. The lowest BCUT2D eigenvalue weighted by molar-refractivity contribution is 0.0955. The largest absolute Gasteiger partial charge is 0.480 e. The van der Waals surface area contributed by atoms with Gasteiger partial charge in [0.1, 0.15) is 0 Å². The molecule has 1 rings (SSSR count). The number of amides is 1.